The van der Waals surface area contributed by atoms with E-state index in [1.165, 1.54) is 24.3 Å². The second kappa shape index (κ2) is 7.12. The third-order valence-corrected chi connectivity index (χ3v) is 2.49. The third kappa shape index (κ3) is 4.61. The molecule has 2 nitrogen and oxygen atoms in total. The quantitative estimate of drug-likeness (QED) is 0.539. The smallest absolute Gasteiger partial charge is 0.263 e. The van der Waals surface area contributed by atoms with E-state index < -0.39 is 6.43 Å². The highest BCUT2D eigenvalue weighted by molar-refractivity contribution is 5.96. The zero-order valence-electron chi connectivity index (χ0n) is 9.79. The minimum absolute atomic E-state index is 0.0121. The monoisotopic (exact) mass is 242 g/mol. The Kier molecular flexibility index (Phi) is 5.77. The minimum atomic E-state index is -2.49. The molecule has 0 aliphatic rings. The summed E-state index contributed by atoms with van der Waals surface area (Å²) in [6, 6.07) is 5.51. The molecule has 1 aromatic carbocycles. The van der Waals surface area contributed by atoms with Crippen LogP contribution in [0.3, 0.4) is 0 Å². The predicted molar refractivity (Wildman–Crippen MR) is 61.5 cm³/mol. The highest BCUT2D eigenvalue weighted by Crippen LogP contribution is 2.19. The van der Waals surface area contributed by atoms with Crippen LogP contribution in [0, 0.1) is 0 Å². The molecule has 0 saturated heterocycles. The number of methoxy groups -OCH3 is 1. The second-order valence-electron chi connectivity index (χ2n) is 3.80. The summed E-state index contributed by atoms with van der Waals surface area (Å²) < 4.78 is 29.5. The Balaban J connectivity index is 2.46. The Labute approximate surface area is 99.6 Å². The van der Waals surface area contributed by atoms with Crippen molar-refractivity contribution >= 4 is 5.78 Å². The number of ketones is 1. The lowest BCUT2D eigenvalue weighted by Gasteiger charge is -2.03. The van der Waals surface area contributed by atoms with Crippen LogP contribution in [-0.4, -0.2) is 19.5 Å². The summed E-state index contributed by atoms with van der Waals surface area (Å²) in [5.41, 5.74) is 0.438. The first-order valence-corrected chi connectivity index (χ1v) is 5.55. The molecule has 0 heterocycles. The summed E-state index contributed by atoms with van der Waals surface area (Å²) in [5.74, 6) is -0.0121. The number of Topliss-reactive ketones (excluding diaryl/α,β-unsaturated/α-hetero) is 1. The molecule has 0 unspecified atom stereocenters. The number of halogens is 2. The van der Waals surface area contributed by atoms with Crippen molar-refractivity contribution in [2.45, 2.75) is 25.7 Å². The van der Waals surface area contributed by atoms with Crippen LogP contribution in [-0.2, 0) is 4.74 Å². The van der Waals surface area contributed by atoms with Gasteiger partial charge in [0.2, 0.25) is 0 Å². The number of carbonyl (C=O) groups excluding carboxylic acids is 1. The zero-order chi connectivity index (χ0) is 12.7. The zero-order valence-corrected chi connectivity index (χ0v) is 9.79. The van der Waals surface area contributed by atoms with Crippen molar-refractivity contribution in [3.8, 4) is 0 Å². The van der Waals surface area contributed by atoms with E-state index in [-0.39, 0.29) is 11.3 Å². The van der Waals surface area contributed by atoms with Crippen LogP contribution in [0.1, 0.15) is 41.6 Å². The second-order valence-corrected chi connectivity index (χ2v) is 3.80. The van der Waals surface area contributed by atoms with Crippen molar-refractivity contribution in [1.29, 1.82) is 0 Å². The number of ether oxygens (including phenoxy) is 1. The number of unbranched alkanes of at least 4 members (excludes halogenated alkanes) is 1. The lowest BCUT2D eigenvalue weighted by molar-refractivity contribution is 0.0974. The number of alkyl halides is 2. The molecule has 0 aliphatic heterocycles. The molecule has 17 heavy (non-hydrogen) atoms. The van der Waals surface area contributed by atoms with E-state index in [0.29, 0.717) is 18.6 Å². The van der Waals surface area contributed by atoms with Gasteiger partial charge < -0.3 is 4.74 Å². The molecule has 0 aromatic heterocycles. The van der Waals surface area contributed by atoms with Gasteiger partial charge in [-0.2, -0.15) is 0 Å². The van der Waals surface area contributed by atoms with Gasteiger partial charge in [0.1, 0.15) is 0 Å². The fraction of sp³-hybridized carbons (Fsp3) is 0.462. The first-order valence-electron chi connectivity index (χ1n) is 5.55. The normalized spacial score (nSPS) is 10.8. The van der Waals surface area contributed by atoms with E-state index in [1.807, 2.05) is 0 Å². The predicted octanol–water partition coefficient (Wildman–Crippen LogP) is 3.62. The Morgan fingerprint density at radius 3 is 2.41 bits per heavy atom. The average molecular weight is 242 g/mol. The fourth-order valence-corrected chi connectivity index (χ4v) is 1.49. The molecule has 0 amide bonds. The maximum Gasteiger partial charge on any atom is 0.263 e. The maximum absolute atomic E-state index is 12.3. The van der Waals surface area contributed by atoms with E-state index >= 15 is 0 Å². The van der Waals surface area contributed by atoms with Gasteiger partial charge in [0.15, 0.2) is 5.78 Å². The molecule has 0 bridgehead atoms. The molecule has 0 atom stereocenters. The Morgan fingerprint density at radius 1 is 1.24 bits per heavy atom. The summed E-state index contributed by atoms with van der Waals surface area (Å²) in [5, 5.41) is 0. The van der Waals surface area contributed by atoms with E-state index in [9.17, 15) is 13.6 Å². The topological polar surface area (TPSA) is 26.3 Å². The lowest BCUT2D eigenvalue weighted by Crippen LogP contribution is -2.00. The SMILES string of the molecule is COCCCCC(=O)c1ccc(C(F)F)cc1. The molecule has 94 valence electrons. The molecule has 0 spiro atoms. The molecule has 1 aromatic rings. The summed E-state index contributed by atoms with van der Waals surface area (Å²) in [6.45, 7) is 0.637. The van der Waals surface area contributed by atoms with Crippen molar-refractivity contribution < 1.29 is 18.3 Å². The summed E-state index contributed by atoms with van der Waals surface area (Å²) >= 11 is 0. The van der Waals surface area contributed by atoms with Gasteiger partial charge in [-0.05, 0) is 12.8 Å². The van der Waals surface area contributed by atoms with Crippen molar-refractivity contribution in [3.63, 3.8) is 0 Å². The van der Waals surface area contributed by atoms with Crippen molar-refractivity contribution in [2.24, 2.45) is 0 Å². The van der Waals surface area contributed by atoms with Crippen LogP contribution in [0.25, 0.3) is 0 Å². The van der Waals surface area contributed by atoms with Crippen LogP contribution in [0.2, 0.25) is 0 Å². The number of hydrogen-bond donors (Lipinski definition) is 0. The van der Waals surface area contributed by atoms with Gasteiger partial charge in [0, 0.05) is 31.3 Å². The van der Waals surface area contributed by atoms with Crippen molar-refractivity contribution in [3.05, 3.63) is 35.4 Å². The lowest BCUT2D eigenvalue weighted by atomic mass is 10.0. The Hall–Kier alpha value is -1.29. The molecular weight excluding hydrogens is 226 g/mol. The van der Waals surface area contributed by atoms with Gasteiger partial charge >= 0.3 is 0 Å². The van der Waals surface area contributed by atoms with Crippen LogP contribution in [0.4, 0.5) is 8.78 Å². The minimum Gasteiger partial charge on any atom is -0.385 e. The third-order valence-electron chi connectivity index (χ3n) is 2.49. The highest BCUT2D eigenvalue weighted by atomic mass is 19.3. The van der Waals surface area contributed by atoms with E-state index in [1.54, 1.807) is 7.11 Å². The van der Waals surface area contributed by atoms with Crippen LogP contribution >= 0.6 is 0 Å². The first-order chi connectivity index (χ1) is 8.15. The highest BCUT2D eigenvalue weighted by Gasteiger charge is 2.09. The van der Waals surface area contributed by atoms with Crippen molar-refractivity contribution in [2.75, 3.05) is 13.7 Å². The van der Waals surface area contributed by atoms with Crippen LogP contribution < -0.4 is 0 Å². The summed E-state index contributed by atoms with van der Waals surface area (Å²) in [6.07, 6.45) is -0.473. The first kappa shape index (κ1) is 13.8. The molecule has 4 heteroatoms. The number of rotatable bonds is 7. The van der Waals surface area contributed by atoms with Gasteiger partial charge in [0.05, 0.1) is 0 Å². The molecule has 1 rings (SSSR count). The molecule has 0 N–H and O–H groups in total. The van der Waals surface area contributed by atoms with Gasteiger partial charge in [-0.3, -0.25) is 4.79 Å². The van der Waals surface area contributed by atoms with Crippen LogP contribution in [0.5, 0.6) is 0 Å². The average Bonchev–Trinajstić information content (AvgIpc) is 2.34. The molecule has 0 radical (unpaired) electrons. The van der Waals surface area contributed by atoms with Gasteiger partial charge in [-0.25, -0.2) is 8.78 Å². The van der Waals surface area contributed by atoms with E-state index in [2.05, 4.69) is 0 Å². The molecule has 0 saturated carbocycles. The van der Waals surface area contributed by atoms with Crippen molar-refractivity contribution in [1.82, 2.24) is 0 Å². The number of carbonyl (C=O) groups is 1. The maximum atomic E-state index is 12.3. The summed E-state index contributed by atoms with van der Waals surface area (Å²) in [7, 11) is 1.62. The molecule has 0 aliphatic carbocycles. The largest absolute Gasteiger partial charge is 0.385 e. The van der Waals surface area contributed by atoms with Crippen LogP contribution in [0.15, 0.2) is 24.3 Å². The number of benzene rings is 1. The van der Waals surface area contributed by atoms with E-state index in [0.717, 1.165) is 12.8 Å². The number of hydrogen-bond acceptors (Lipinski definition) is 2. The van der Waals surface area contributed by atoms with Gasteiger partial charge in [-0.1, -0.05) is 24.3 Å². The standard InChI is InChI=1S/C13H16F2O2/c1-17-9-3-2-4-12(16)10-5-7-11(8-6-10)13(14)15/h5-8,13H,2-4,9H2,1H3. The molecular formula is C13H16F2O2. The van der Waals surface area contributed by atoms with E-state index in [4.69, 9.17) is 4.74 Å². The Morgan fingerprint density at radius 2 is 1.88 bits per heavy atom. The van der Waals surface area contributed by atoms with Gasteiger partial charge in [0.25, 0.3) is 6.43 Å². The van der Waals surface area contributed by atoms with Gasteiger partial charge in [-0.15, -0.1) is 0 Å². The fourth-order valence-electron chi connectivity index (χ4n) is 1.49. The molecule has 0 fully saturated rings. The Bertz CT molecular complexity index is 347. The summed E-state index contributed by atoms with van der Waals surface area (Å²) in [4.78, 5) is 11.7.